The van der Waals surface area contributed by atoms with E-state index in [2.05, 4.69) is 20.0 Å². The van der Waals surface area contributed by atoms with E-state index in [1.165, 1.54) is 6.92 Å². The maximum atomic E-state index is 11.8. The Labute approximate surface area is 116 Å². The first-order valence-corrected chi connectivity index (χ1v) is 5.65. The molecular weight excluding hydrogens is 305 g/mol. The minimum Gasteiger partial charge on any atom is -0.370 e. The second-order valence-corrected chi connectivity index (χ2v) is 3.96. The first kappa shape index (κ1) is 16.4. The van der Waals surface area contributed by atoms with Gasteiger partial charge >= 0.3 is 11.9 Å². The molecule has 112 valence electrons. The van der Waals surface area contributed by atoms with E-state index in [0.29, 0.717) is 0 Å². The fourth-order valence-electron chi connectivity index (χ4n) is 1.30. The Hall–Kier alpha value is -1.68. The van der Waals surface area contributed by atoms with Gasteiger partial charge in [-0.2, -0.15) is 18.2 Å². The lowest BCUT2D eigenvalue weighted by molar-refractivity contribution is -0.385. The number of nitrogens with zero attached hydrogens (tertiary/aromatic N) is 3. The topological polar surface area (TPSA) is 90.2 Å². The zero-order valence-electron chi connectivity index (χ0n) is 10.2. The predicted molar refractivity (Wildman–Crippen MR) is 63.8 cm³/mol. The van der Waals surface area contributed by atoms with Gasteiger partial charge in [0.15, 0.2) is 0 Å². The molecule has 0 bridgehead atoms. The van der Waals surface area contributed by atoms with Crippen molar-refractivity contribution in [2.24, 2.45) is 0 Å². The van der Waals surface area contributed by atoms with Crippen LogP contribution >= 0.6 is 11.6 Å². The molecule has 0 fully saturated rings. The molecule has 0 radical (unpaired) electrons. The molecule has 0 aromatic carbocycles. The van der Waals surface area contributed by atoms with Gasteiger partial charge in [-0.25, -0.2) is 4.98 Å². The quantitative estimate of drug-likeness (QED) is 0.375. The monoisotopic (exact) mass is 314 g/mol. The van der Waals surface area contributed by atoms with Crippen LogP contribution in [0.25, 0.3) is 0 Å². The van der Waals surface area contributed by atoms with Crippen molar-refractivity contribution in [1.82, 2.24) is 9.97 Å². The van der Waals surface area contributed by atoms with Gasteiger partial charge in [-0.05, 0) is 18.5 Å². The van der Waals surface area contributed by atoms with Gasteiger partial charge in [-0.1, -0.05) is 0 Å². The van der Waals surface area contributed by atoms with Gasteiger partial charge in [0.25, 0.3) is 0 Å². The average molecular weight is 315 g/mol. The van der Waals surface area contributed by atoms with E-state index in [0.717, 1.165) is 0 Å². The van der Waals surface area contributed by atoms with Gasteiger partial charge in [0, 0.05) is 6.54 Å². The average Bonchev–Trinajstić information content (AvgIpc) is 2.25. The molecule has 0 atom stereocenters. The van der Waals surface area contributed by atoms with Crippen molar-refractivity contribution in [2.45, 2.75) is 13.1 Å². The highest BCUT2D eigenvalue weighted by Gasteiger charge is 2.27. The highest BCUT2D eigenvalue weighted by atomic mass is 35.5. The van der Waals surface area contributed by atoms with Gasteiger partial charge < -0.3 is 10.1 Å². The van der Waals surface area contributed by atoms with Crippen molar-refractivity contribution in [3.63, 3.8) is 0 Å². The number of ether oxygens (including phenoxy) is 1. The molecule has 0 amide bonds. The first-order chi connectivity index (χ1) is 9.20. The molecule has 1 heterocycles. The van der Waals surface area contributed by atoms with Crippen LogP contribution in [-0.4, -0.2) is 40.8 Å². The first-order valence-electron chi connectivity index (χ1n) is 5.27. The Bertz CT molecular complexity index is 498. The maximum absolute atomic E-state index is 11.8. The Kier molecular flexibility index (Phi) is 5.45. The molecule has 0 aliphatic heterocycles. The van der Waals surface area contributed by atoms with Crippen molar-refractivity contribution in [1.29, 1.82) is 0 Å². The molecule has 1 aromatic heterocycles. The highest BCUT2D eigenvalue weighted by Crippen LogP contribution is 2.26. The van der Waals surface area contributed by atoms with Crippen molar-refractivity contribution < 1.29 is 22.8 Å². The zero-order chi connectivity index (χ0) is 15.3. The number of halogens is 4. The van der Waals surface area contributed by atoms with Gasteiger partial charge in [0.2, 0.25) is 11.1 Å². The minimum absolute atomic E-state index is 0.0497. The third-order valence-corrected chi connectivity index (χ3v) is 2.19. The molecule has 1 rings (SSSR count). The molecule has 0 spiro atoms. The number of rotatable bonds is 6. The van der Waals surface area contributed by atoms with Crippen LogP contribution in [0.2, 0.25) is 5.28 Å². The summed E-state index contributed by atoms with van der Waals surface area (Å²) in [5.74, 6) is -0.164. The van der Waals surface area contributed by atoms with Crippen LogP contribution in [0.15, 0.2) is 0 Å². The van der Waals surface area contributed by atoms with E-state index in [9.17, 15) is 23.3 Å². The molecule has 0 saturated heterocycles. The lowest BCUT2D eigenvalue weighted by Gasteiger charge is -2.09. The van der Waals surface area contributed by atoms with Crippen molar-refractivity contribution in [3.05, 3.63) is 21.1 Å². The van der Waals surface area contributed by atoms with Crippen LogP contribution in [-0.2, 0) is 4.74 Å². The molecule has 0 aliphatic carbocycles. The van der Waals surface area contributed by atoms with Crippen LogP contribution in [0.1, 0.15) is 5.69 Å². The molecular formula is C9H10ClF3N4O3. The van der Waals surface area contributed by atoms with Crippen LogP contribution in [0.3, 0.4) is 0 Å². The second-order valence-electron chi connectivity index (χ2n) is 3.63. The summed E-state index contributed by atoms with van der Waals surface area (Å²) >= 11 is 5.56. The molecule has 11 heteroatoms. The molecule has 1 aromatic rings. The summed E-state index contributed by atoms with van der Waals surface area (Å²) in [7, 11) is 0. The van der Waals surface area contributed by atoms with Crippen LogP contribution in [0.5, 0.6) is 0 Å². The zero-order valence-corrected chi connectivity index (χ0v) is 11.0. The summed E-state index contributed by atoms with van der Waals surface area (Å²) in [6.07, 6.45) is -4.42. The third-order valence-electron chi connectivity index (χ3n) is 2.02. The summed E-state index contributed by atoms with van der Waals surface area (Å²) in [6, 6.07) is 0. The van der Waals surface area contributed by atoms with Crippen LogP contribution in [0.4, 0.5) is 24.7 Å². The lowest BCUT2D eigenvalue weighted by atomic mass is 10.3. The Balaban J connectivity index is 2.62. The molecule has 0 saturated carbocycles. The molecule has 0 unspecified atom stereocenters. The third kappa shape index (κ3) is 5.13. The number of hydrogen-bond acceptors (Lipinski definition) is 6. The fraction of sp³-hybridized carbons (Fsp3) is 0.556. The summed E-state index contributed by atoms with van der Waals surface area (Å²) in [4.78, 5) is 17.4. The van der Waals surface area contributed by atoms with Gasteiger partial charge in [-0.15, -0.1) is 0 Å². The Morgan fingerprint density at radius 1 is 1.45 bits per heavy atom. The standard InChI is InChI=1S/C9H10ClF3N4O3/c1-5-6(17(18)19)7(16-8(10)15-5)14-2-3-20-4-9(11,12)13/h2-4H2,1H3,(H,14,15,16). The smallest absolute Gasteiger partial charge is 0.370 e. The number of anilines is 1. The van der Waals surface area contributed by atoms with Gasteiger partial charge in [0.1, 0.15) is 12.3 Å². The summed E-state index contributed by atoms with van der Waals surface area (Å²) in [5.41, 5.74) is -0.334. The van der Waals surface area contributed by atoms with Gasteiger partial charge in [-0.3, -0.25) is 10.1 Å². The number of hydrogen-bond donors (Lipinski definition) is 1. The molecule has 1 N–H and O–H groups in total. The Morgan fingerprint density at radius 3 is 2.65 bits per heavy atom. The van der Waals surface area contributed by atoms with Crippen molar-refractivity contribution in [3.8, 4) is 0 Å². The molecule has 20 heavy (non-hydrogen) atoms. The van der Waals surface area contributed by atoms with E-state index in [1.807, 2.05) is 0 Å². The number of aryl methyl sites for hydroxylation is 1. The van der Waals surface area contributed by atoms with Crippen molar-refractivity contribution in [2.75, 3.05) is 25.1 Å². The van der Waals surface area contributed by atoms with Gasteiger partial charge in [0.05, 0.1) is 11.5 Å². The predicted octanol–water partition coefficient (Wildman–Crippen LogP) is 2.34. The van der Waals surface area contributed by atoms with E-state index in [4.69, 9.17) is 11.6 Å². The number of nitrogens with one attached hydrogen (secondary N) is 1. The second kappa shape index (κ2) is 6.66. The molecule has 7 nitrogen and oxygen atoms in total. The molecule has 0 aliphatic rings. The largest absolute Gasteiger partial charge is 0.411 e. The van der Waals surface area contributed by atoms with E-state index >= 15 is 0 Å². The number of nitro groups is 1. The summed E-state index contributed by atoms with van der Waals surface area (Å²) in [5, 5.41) is 13.1. The van der Waals surface area contributed by atoms with E-state index in [-0.39, 0.29) is 35.6 Å². The minimum atomic E-state index is -4.42. The number of alkyl halides is 3. The summed E-state index contributed by atoms with van der Waals surface area (Å²) in [6.45, 7) is -0.404. The SMILES string of the molecule is Cc1nc(Cl)nc(NCCOCC(F)(F)F)c1[N+](=O)[O-]. The van der Waals surface area contributed by atoms with Crippen LogP contribution in [0, 0.1) is 17.0 Å². The Morgan fingerprint density at radius 2 is 2.10 bits per heavy atom. The normalized spacial score (nSPS) is 11.4. The van der Waals surface area contributed by atoms with Crippen LogP contribution < -0.4 is 5.32 Å². The summed E-state index contributed by atoms with van der Waals surface area (Å²) < 4.78 is 39.8. The van der Waals surface area contributed by atoms with E-state index in [1.54, 1.807) is 0 Å². The maximum Gasteiger partial charge on any atom is 0.411 e. The highest BCUT2D eigenvalue weighted by molar-refractivity contribution is 6.28. The number of aromatic nitrogens is 2. The van der Waals surface area contributed by atoms with Crippen molar-refractivity contribution >= 4 is 23.1 Å². The van der Waals surface area contributed by atoms with E-state index < -0.39 is 17.7 Å². The fourth-order valence-corrected chi connectivity index (χ4v) is 1.52. The lowest BCUT2D eigenvalue weighted by Crippen LogP contribution is -2.20.